The van der Waals surface area contributed by atoms with E-state index in [1.165, 1.54) is 4.80 Å². The summed E-state index contributed by atoms with van der Waals surface area (Å²) in [4.78, 5) is 13.3. The third kappa shape index (κ3) is 3.23. The molecule has 0 saturated heterocycles. The summed E-state index contributed by atoms with van der Waals surface area (Å²) in [5.41, 5.74) is 3.63. The molecule has 1 N–H and O–H groups in total. The average molecular weight is 371 g/mol. The maximum absolute atomic E-state index is 11.8. The fraction of sp³-hybridized carbons (Fsp3) is 0.0455. The van der Waals surface area contributed by atoms with Crippen molar-refractivity contribution in [2.75, 3.05) is 0 Å². The van der Waals surface area contributed by atoms with Gasteiger partial charge in [-0.25, -0.2) is 4.79 Å². The molecule has 4 rings (SSSR count). The summed E-state index contributed by atoms with van der Waals surface area (Å²) < 4.78 is 5.31. The van der Waals surface area contributed by atoms with Gasteiger partial charge in [-0.2, -0.15) is 0 Å². The Morgan fingerprint density at radius 2 is 1.68 bits per heavy atom. The second kappa shape index (κ2) is 7.00. The van der Waals surface area contributed by atoms with Crippen LogP contribution in [0.15, 0.2) is 78.9 Å². The molecule has 0 aliphatic carbocycles. The molecule has 138 valence electrons. The van der Waals surface area contributed by atoms with Crippen molar-refractivity contribution in [3.8, 4) is 28.3 Å². The second-order valence-corrected chi connectivity index (χ2v) is 6.35. The molecular formula is C22H17N3O3. The molecule has 0 fully saturated rings. The van der Waals surface area contributed by atoms with E-state index < -0.39 is 5.97 Å². The Morgan fingerprint density at radius 1 is 1.00 bits per heavy atom. The number of fused-ring (bicyclic) bond motifs is 1. The van der Waals surface area contributed by atoms with Crippen molar-refractivity contribution >= 4 is 17.0 Å². The van der Waals surface area contributed by atoms with Crippen LogP contribution in [-0.2, 0) is 4.79 Å². The summed E-state index contributed by atoms with van der Waals surface area (Å²) in [6.45, 7) is 5.17. The monoisotopic (exact) mass is 371 g/mol. The predicted octanol–water partition coefficient (Wildman–Crippen LogP) is 4.27. The van der Waals surface area contributed by atoms with E-state index in [2.05, 4.69) is 16.8 Å². The number of nitrogens with zero attached hydrogens (tertiary/aromatic N) is 3. The topological polar surface area (TPSA) is 77.2 Å². The molecule has 1 aromatic heterocycles. The molecule has 0 radical (unpaired) electrons. The molecule has 0 unspecified atom stereocenters. The number of hydrogen-bond acceptors (Lipinski definition) is 5. The third-order valence-corrected chi connectivity index (χ3v) is 4.20. The van der Waals surface area contributed by atoms with Crippen molar-refractivity contribution in [3.63, 3.8) is 0 Å². The fourth-order valence-electron chi connectivity index (χ4n) is 2.87. The van der Waals surface area contributed by atoms with E-state index in [1.807, 2.05) is 36.4 Å². The molecule has 0 amide bonds. The first-order valence-electron chi connectivity index (χ1n) is 8.65. The number of carbonyl (C=O) groups is 1. The van der Waals surface area contributed by atoms with Gasteiger partial charge in [0.2, 0.25) is 0 Å². The lowest BCUT2D eigenvalue weighted by Gasteiger charge is -2.12. The maximum atomic E-state index is 11.8. The highest BCUT2D eigenvalue weighted by Crippen LogP contribution is 2.36. The number of carbonyl (C=O) groups excluding carboxylic acids is 1. The van der Waals surface area contributed by atoms with Crippen LogP contribution in [0.1, 0.15) is 6.92 Å². The molecule has 0 atom stereocenters. The van der Waals surface area contributed by atoms with E-state index in [-0.39, 0.29) is 5.75 Å². The fourth-order valence-corrected chi connectivity index (χ4v) is 2.87. The molecule has 0 bridgehead atoms. The molecule has 1 heterocycles. The van der Waals surface area contributed by atoms with Crippen molar-refractivity contribution in [1.29, 1.82) is 0 Å². The van der Waals surface area contributed by atoms with Gasteiger partial charge in [-0.15, -0.1) is 15.0 Å². The number of benzene rings is 3. The van der Waals surface area contributed by atoms with Gasteiger partial charge < -0.3 is 9.84 Å². The highest BCUT2D eigenvalue weighted by molar-refractivity contribution is 5.89. The highest BCUT2D eigenvalue weighted by Gasteiger charge is 2.16. The Hall–Kier alpha value is -3.93. The molecule has 3 aromatic carbocycles. The smallest absolute Gasteiger partial charge is 0.338 e. The van der Waals surface area contributed by atoms with Crippen LogP contribution in [-0.4, -0.2) is 26.1 Å². The van der Waals surface area contributed by atoms with E-state index in [9.17, 15) is 9.90 Å². The second-order valence-electron chi connectivity index (χ2n) is 6.35. The lowest BCUT2D eigenvalue weighted by Crippen LogP contribution is -2.08. The predicted molar refractivity (Wildman–Crippen MR) is 106 cm³/mol. The molecule has 6 heteroatoms. The maximum Gasteiger partial charge on any atom is 0.338 e. The number of aromatic hydroxyl groups is 1. The van der Waals surface area contributed by atoms with Gasteiger partial charge in [0.25, 0.3) is 0 Å². The highest BCUT2D eigenvalue weighted by atomic mass is 16.5. The Kier molecular flexibility index (Phi) is 4.37. The summed E-state index contributed by atoms with van der Waals surface area (Å²) in [6.07, 6.45) is 0. The van der Waals surface area contributed by atoms with Crippen LogP contribution in [0.2, 0.25) is 0 Å². The number of esters is 1. The van der Waals surface area contributed by atoms with Crippen LogP contribution in [0.4, 0.5) is 0 Å². The van der Waals surface area contributed by atoms with Crippen LogP contribution in [0.5, 0.6) is 11.5 Å². The van der Waals surface area contributed by atoms with Gasteiger partial charge >= 0.3 is 5.97 Å². The van der Waals surface area contributed by atoms with E-state index in [0.717, 1.165) is 11.0 Å². The molecule has 0 saturated carbocycles. The van der Waals surface area contributed by atoms with Crippen molar-refractivity contribution in [2.24, 2.45) is 0 Å². The first-order valence-corrected chi connectivity index (χ1v) is 8.65. The van der Waals surface area contributed by atoms with E-state index in [1.54, 1.807) is 37.3 Å². The Labute approximate surface area is 161 Å². The van der Waals surface area contributed by atoms with Gasteiger partial charge in [0.15, 0.2) is 0 Å². The molecule has 0 aliphatic heterocycles. The minimum atomic E-state index is -0.505. The number of hydrogen-bond donors (Lipinski definition) is 1. The summed E-state index contributed by atoms with van der Waals surface area (Å²) in [6, 6.07) is 19.6. The largest absolute Gasteiger partial charge is 0.507 e. The molecule has 0 spiro atoms. The van der Waals surface area contributed by atoms with E-state index in [0.29, 0.717) is 28.1 Å². The van der Waals surface area contributed by atoms with Gasteiger partial charge in [-0.1, -0.05) is 36.9 Å². The van der Waals surface area contributed by atoms with Gasteiger partial charge in [-0.05, 0) is 48.9 Å². The normalized spacial score (nSPS) is 10.8. The van der Waals surface area contributed by atoms with Crippen LogP contribution >= 0.6 is 0 Å². The van der Waals surface area contributed by atoms with Crippen LogP contribution in [0.3, 0.4) is 0 Å². The molecule has 6 nitrogen and oxygen atoms in total. The number of phenolic OH excluding ortho intramolecular Hbond substituents is 1. The minimum absolute atomic E-state index is 0.0715. The molecule has 28 heavy (non-hydrogen) atoms. The number of ether oxygens (including phenoxy) is 1. The summed E-state index contributed by atoms with van der Waals surface area (Å²) in [5, 5.41) is 19.6. The lowest BCUT2D eigenvalue weighted by molar-refractivity contribution is -0.130. The van der Waals surface area contributed by atoms with E-state index in [4.69, 9.17) is 4.74 Å². The molecular weight excluding hydrogens is 354 g/mol. The lowest BCUT2D eigenvalue weighted by atomic mass is 10.0. The zero-order valence-electron chi connectivity index (χ0n) is 15.2. The van der Waals surface area contributed by atoms with Crippen LogP contribution in [0, 0.1) is 0 Å². The van der Waals surface area contributed by atoms with Gasteiger partial charge in [0.05, 0.1) is 11.3 Å². The number of rotatable bonds is 4. The minimum Gasteiger partial charge on any atom is -0.507 e. The van der Waals surface area contributed by atoms with Gasteiger partial charge in [0.1, 0.15) is 22.5 Å². The summed E-state index contributed by atoms with van der Waals surface area (Å²) in [7, 11) is 0. The van der Waals surface area contributed by atoms with Crippen LogP contribution in [0.25, 0.3) is 27.8 Å². The van der Waals surface area contributed by atoms with E-state index >= 15 is 0 Å². The van der Waals surface area contributed by atoms with Crippen molar-refractivity contribution in [3.05, 3.63) is 78.9 Å². The van der Waals surface area contributed by atoms with Crippen molar-refractivity contribution in [2.45, 2.75) is 6.92 Å². The quantitative estimate of drug-likeness (QED) is 0.329. The van der Waals surface area contributed by atoms with Crippen molar-refractivity contribution in [1.82, 2.24) is 15.0 Å². The van der Waals surface area contributed by atoms with Crippen LogP contribution < -0.4 is 4.74 Å². The average Bonchev–Trinajstić information content (AvgIpc) is 3.12. The van der Waals surface area contributed by atoms with Crippen molar-refractivity contribution < 1.29 is 14.6 Å². The van der Waals surface area contributed by atoms with Gasteiger partial charge in [-0.3, -0.25) is 0 Å². The third-order valence-electron chi connectivity index (χ3n) is 4.20. The summed E-state index contributed by atoms with van der Waals surface area (Å²) in [5.74, 6) is -0.0739. The Morgan fingerprint density at radius 3 is 2.36 bits per heavy atom. The standard InChI is InChI=1S/C22H17N3O3/c1-14(2)22(27)28-16-8-5-7-15(13-16)21-19(11-6-12-20(21)26)25-23-17-9-3-4-10-18(17)24-25/h3-13,26H,1H2,2H3. The number of phenols is 1. The zero-order chi connectivity index (χ0) is 19.7. The van der Waals surface area contributed by atoms with Gasteiger partial charge in [0, 0.05) is 5.57 Å². The first kappa shape index (κ1) is 17.5. The first-order chi connectivity index (χ1) is 13.5. The molecule has 0 aliphatic rings. The molecule has 4 aromatic rings. The Bertz CT molecular complexity index is 1180. The SMILES string of the molecule is C=C(C)C(=O)Oc1cccc(-c2c(O)cccc2-n2nc3ccccc3n2)c1. The zero-order valence-corrected chi connectivity index (χ0v) is 15.2. The number of aromatic nitrogens is 3. The summed E-state index contributed by atoms with van der Waals surface area (Å²) >= 11 is 0. The Balaban J connectivity index is 1.82.